The van der Waals surface area contributed by atoms with Crippen molar-refractivity contribution in [2.75, 3.05) is 0 Å². The van der Waals surface area contributed by atoms with E-state index in [1.165, 1.54) is 12.1 Å². The second-order valence-electron chi connectivity index (χ2n) is 5.10. The highest BCUT2D eigenvalue weighted by Crippen LogP contribution is 2.32. The van der Waals surface area contributed by atoms with Crippen LogP contribution in [0.5, 0.6) is 0 Å². The molecular weight excluding hydrogens is 260 g/mol. The summed E-state index contributed by atoms with van der Waals surface area (Å²) < 4.78 is 51.2. The fourth-order valence-electron chi connectivity index (χ4n) is 1.98. The highest BCUT2D eigenvalue weighted by Gasteiger charge is 2.34. The van der Waals surface area contributed by atoms with Crippen LogP contribution in [-0.4, -0.2) is 11.2 Å². The van der Waals surface area contributed by atoms with Crippen LogP contribution in [0.3, 0.4) is 0 Å². The van der Waals surface area contributed by atoms with E-state index in [2.05, 4.69) is 0 Å². The van der Waals surface area contributed by atoms with Crippen LogP contribution >= 0.6 is 0 Å². The quantitative estimate of drug-likeness (QED) is 0.801. The summed E-state index contributed by atoms with van der Waals surface area (Å²) in [5, 5.41) is 9.66. The highest BCUT2D eigenvalue weighted by atomic mass is 19.4. The van der Waals surface area contributed by atoms with E-state index in [4.69, 9.17) is 0 Å². The smallest absolute Gasteiger partial charge is 0.393 e. The number of aliphatic hydroxyl groups is 1. The lowest BCUT2D eigenvalue weighted by molar-refractivity contribution is -0.140. The maximum absolute atomic E-state index is 13.7. The van der Waals surface area contributed by atoms with Crippen LogP contribution in [0.1, 0.15) is 37.8 Å². The van der Waals surface area contributed by atoms with Gasteiger partial charge in [-0.2, -0.15) is 13.2 Å². The van der Waals surface area contributed by atoms with Crippen LogP contribution in [0.15, 0.2) is 18.2 Å². The molecule has 19 heavy (non-hydrogen) atoms. The van der Waals surface area contributed by atoms with E-state index in [-0.39, 0.29) is 18.4 Å². The fourth-order valence-corrected chi connectivity index (χ4v) is 1.98. The van der Waals surface area contributed by atoms with Crippen LogP contribution < -0.4 is 0 Å². The molecule has 0 aliphatic rings. The summed E-state index contributed by atoms with van der Waals surface area (Å²) in [7, 11) is 0. The predicted octanol–water partition coefficient (Wildman–Crippen LogP) is 4.18. The zero-order valence-corrected chi connectivity index (χ0v) is 11.0. The number of rotatable bonds is 5. The third-order valence-corrected chi connectivity index (χ3v) is 2.87. The molecule has 108 valence electrons. The minimum atomic E-state index is -4.68. The summed E-state index contributed by atoms with van der Waals surface area (Å²) in [5.41, 5.74) is -1.25. The van der Waals surface area contributed by atoms with Crippen LogP contribution in [0, 0.1) is 11.7 Å². The first-order valence-corrected chi connectivity index (χ1v) is 6.24. The number of aliphatic hydroxyl groups excluding tert-OH is 1. The molecule has 0 aromatic heterocycles. The van der Waals surface area contributed by atoms with Gasteiger partial charge in [-0.3, -0.25) is 0 Å². The molecule has 1 rings (SSSR count). The van der Waals surface area contributed by atoms with Crippen molar-refractivity contribution in [1.82, 2.24) is 0 Å². The Hall–Kier alpha value is -1.10. The molecule has 0 saturated carbocycles. The van der Waals surface area contributed by atoms with Crippen molar-refractivity contribution in [2.24, 2.45) is 5.92 Å². The number of halogens is 4. The predicted molar refractivity (Wildman–Crippen MR) is 65.2 cm³/mol. The summed E-state index contributed by atoms with van der Waals surface area (Å²) in [6.45, 7) is 3.88. The summed E-state index contributed by atoms with van der Waals surface area (Å²) in [6.07, 6.45) is -4.38. The molecule has 1 nitrogen and oxygen atoms in total. The molecule has 5 heteroatoms. The van der Waals surface area contributed by atoms with Gasteiger partial charge in [-0.05, 0) is 36.8 Å². The lowest BCUT2D eigenvalue weighted by Crippen LogP contribution is -2.13. The van der Waals surface area contributed by atoms with Crippen molar-refractivity contribution in [3.8, 4) is 0 Å². The van der Waals surface area contributed by atoms with E-state index < -0.39 is 23.7 Å². The third kappa shape index (κ3) is 4.82. The SMILES string of the molecule is CC(C)CC(O)CCc1cccc(C(F)(F)F)c1F. The molecule has 0 radical (unpaired) electrons. The van der Waals surface area contributed by atoms with E-state index in [9.17, 15) is 22.7 Å². The van der Waals surface area contributed by atoms with Gasteiger partial charge in [0.1, 0.15) is 5.82 Å². The number of benzene rings is 1. The normalized spacial score (nSPS) is 13.9. The molecule has 0 aliphatic carbocycles. The second-order valence-corrected chi connectivity index (χ2v) is 5.10. The van der Waals surface area contributed by atoms with Gasteiger partial charge in [-0.25, -0.2) is 4.39 Å². The molecule has 1 atom stereocenters. The minimum absolute atomic E-state index is 0.00219. The third-order valence-electron chi connectivity index (χ3n) is 2.87. The van der Waals surface area contributed by atoms with Crippen molar-refractivity contribution >= 4 is 0 Å². The van der Waals surface area contributed by atoms with Gasteiger partial charge in [0, 0.05) is 0 Å². The van der Waals surface area contributed by atoms with Crippen molar-refractivity contribution in [2.45, 2.75) is 45.4 Å². The van der Waals surface area contributed by atoms with E-state index in [1.807, 2.05) is 13.8 Å². The Morgan fingerprint density at radius 3 is 2.37 bits per heavy atom. The van der Waals surface area contributed by atoms with E-state index in [0.29, 0.717) is 12.3 Å². The molecule has 0 fully saturated rings. The molecule has 0 heterocycles. The lowest BCUT2D eigenvalue weighted by atomic mass is 9.98. The average molecular weight is 278 g/mol. The van der Waals surface area contributed by atoms with Crippen molar-refractivity contribution in [3.63, 3.8) is 0 Å². The number of aryl methyl sites for hydroxylation is 1. The Labute approximate surface area is 110 Å². The Morgan fingerprint density at radius 1 is 1.21 bits per heavy atom. The second kappa shape index (κ2) is 6.37. The maximum Gasteiger partial charge on any atom is 0.419 e. The van der Waals surface area contributed by atoms with Gasteiger partial charge in [0.25, 0.3) is 0 Å². The Bertz CT molecular complexity index is 412. The summed E-state index contributed by atoms with van der Waals surface area (Å²) in [4.78, 5) is 0. The number of hydrogen-bond acceptors (Lipinski definition) is 1. The number of alkyl halides is 3. The molecule has 0 amide bonds. The molecule has 0 saturated heterocycles. The van der Waals surface area contributed by atoms with Gasteiger partial charge in [-0.1, -0.05) is 26.0 Å². The van der Waals surface area contributed by atoms with Gasteiger partial charge in [0.2, 0.25) is 0 Å². The monoisotopic (exact) mass is 278 g/mol. The molecule has 1 unspecified atom stereocenters. The Balaban J connectivity index is 2.75. The van der Waals surface area contributed by atoms with Gasteiger partial charge in [0.15, 0.2) is 0 Å². The van der Waals surface area contributed by atoms with Crippen molar-refractivity contribution < 1.29 is 22.7 Å². The van der Waals surface area contributed by atoms with Gasteiger partial charge < -0.3 is 5.11 Å². The maximum atomic E-state index is 13.7. The molecule has 0 aliphatic heterocycles. The molecule has 0 bridgehead atoms. The largest absolute Gasteiger partial charge is 0.419 e. The van der Waals surface area contributed by atoms with Crippen molar-refractivity contribution in [1.29, 1.82) is 0 Å². The van der Waals surface area contributed by atoms with Crippen LogP contribution in [-0.2, 0) is 12.6 Å². The highest BCUT2D eigenvalue weighted by molar-refractivity contribution is 5.28. The summed E-state index contributed by atoms with van der Waals surface area (Å²) in [5.74, 6) is -0.937. The van der Waals surface area contributed by atoms with E-state index in [1.54, 1.807) is 0 Å². The fraction of sp³-hybridized carbons (Fsp3) is 0.571. The zero-order chi connectivity index (χ0) is 14.6. The topological polar surface area (TPSA) is 20.2 Å². The van der Waals surface area contributed by atoms with E-state index in [0.717, 1.165) is 6.07 Å². The average Bonchev–Trinajstić information content (AvgIpc) is 2.25. The van der Waals surface area contributed by atoms with Crippen LogP contribution in [0.25, 0.3) is 0 Å². The van der Waals surface area contributed by atoms with Gasteiger partial charge >= 0.3 is 6.18 Å². The van der Waals surface area contributed by atoms with Gasteiger partial charge in [0.05, 0.1) is 11.7 Å². The van der Waals surface area contributed by atoms with Crippen LogP contribution in [0.4, 0.5) is 17.6 Å². The number of hydrogen-bond donors (Lipinski definition) is 1. The Morgan fingerprint density at radius 2 is 1.84 bits per heavy atom. The van der Waals surface area contributed by atoms with Crippen molar-refractivity contribution in [3.05, 3.63) is 35.1 Å². The molecule has 1 aromatic rings. The molecule has 1 aromatic carbocycles. The van der Waals surface area contributed by atoms with Crippen LogP contribution in [0.2, 0.25) is 0 Å². The molecule has 1 N–H and O–H groups in total. The minimum Gasteiger partial charge on any atom is -0.393 e. The van der Waals surface area contributed by atoms with Gasteiger partial charge in [-0.15, -0.1) is 0 Å². The standard InChI is InChI=1S/C14H18F4O/c1-9(2)8-11(19)7-6-10-4-3-5-12(13(10)15)14(16,17)18/h3-5,9,11,19H,6-8H2,1-2H3. The van der Waals surface area contributed by atoms with E-state index >= 15 is 0 Å². The zero-order valence-electron chi connectivity index (χ0n) is 11.0. The molecule has 0 spiro atoms. The first kappa shape index (κ1) is 16.0. The first-order valence-electron chi connectivity index (χ1n) is 6.24. The Kier molecular flexibility index (Phi) is 5.35. The summed E-state index contributed by atoms with van der Waals surface area (Å²) in [6, 6.07) is 3.24. The summed E-state index contributed by atoms with van der Waals surface area (Å²) >= 11 is 0. The molecular formula is C14H18F4O. The first-order chi connectivity index (χ1) is 8.71. The lowest BCUT2D eigenvalue weighted by Gasteiger charge is -2.14.